The van der Waals surface area contributed by atoms with Crippen molar-refractivity contribution in [3.05, 3.63) is 69.8 Å². The Morgan fingerprint density at radius 2 is 1.26 bits per heavy atom. The molecule has 27 heavy (non-hydrogen) atoms. The van der Waals surface area contributed by atoms with Gasteiger partial charge >= 0.3 is 0 Å². The first-order chi connectivity index (χ1) is 12.6. The molecule has 1 N–H and O–H groups in total. The first-order valence-corrected chi connectivity index (χ1v) is 13.6. The Hall–Kier alpha value is -1.42. The zero-order valence-corrected chi connectivity index (χ0v) is 19.1. The second kappa shape index (κ2) is 7.54. The lowest BCUT2D eigenvalue weighted by molar-refractivity contribution is 0.0637. The van der Waals surface area contributed by atoms with Crippen molar-refractivity contribution >= 4 is 8.32 Å². The second-order valence-corrected chi connectivity index (χ2v) is 13.8. The molecule has 0 aromatic heterocycles. The molecule has 1 saturated heterocycles. The van der Waals surface area contributed by atoms with E-state index >= 15 is 0 Å². The van der Waals surface area contributed by atoms with Crippen molar-refractivity contribution < 1.29 is 4.43 Å². The number of hydrogen-bond acceptors (Lipinski definition) is 2. The molecule has 0 unspecified atom stereocenters. The highest BCUT2D eigenvalue weighted by atomic mass is 28.4. The molecule has 0 saturated carbocycles. The quantitative estimate of drug-likeness (QED) is 0.664. The molecule has 0 amide bonds. The lowest BCUT2D eigenvalue weighted by Crippen LogP contribution is -2.53. The van der Waals surface area contributed by atoms with Gasteiger partial charge in [0.05, 0.1) is 0 Å². The summed E-state index contributed by atoms with van der Waals surface area (Å²) in [7, 11) is -1.84. The second-order valence-electron chi connectivity index (χ2n) is 9.35. The molecule has 2 aromatic carbocycles. The van der Waals surface area contributed by atoms with Gasteiger partial charge in [-0.3, -0.25) is 0 Å². The molecule has 0 spiro atoms. The predicted octanol–water partition coefficient (Wildman–Crippen LogP) is 5.77. The van der Waals surface area contributed by atoms with E-state index in [1.165, 1.54) is 39.8 Å². The zero-order chi connectivity index (χ0) is 19.8. The molecule has 0 aliphatic carbocycles. The first-order valence-electron chi connectivity index (χ1n) is 10.2. The van der Waals surface area contributed by atoms with Crippen molar-refractivity contribution in [3.8, 4) is 0 Å². The molecule has 0 bridgehead atoms. The van der Waals surface area contributed by atoms with Crippen molar-refractivity contribution in [1.29, 1.82) is 0 Å². The van der Waals surface area contributed by atoms with Gasteiger partial charge in [0.25, 0.3) is 0 Å². The van der Waals surface area contributed by atoms with Crippen LogP contribution in [0.25, 0.3) is 0 Å². The SMILES string of the molecule is Cc1cc(C)cc(C(O[Si](C)(C)C)(c2cc(C)cc(C)c2)[C@@H]2CCCN2)c1. The molecule has 1 heterocycles. The Morgan fingerprint density at radius 1 is 0.815 bits per heavy atom. The smallest absolute Gasteiger partial charge is 0.185 e. The number of hydrogen-bond donors (Lipinski definition) is 1. The Balaban J connectivity index is 2.33. The number of rotatable bonds is 5. The van der Waals surface area contributed by atoms with E-state index in [2.05, 4.69) is 89.1 Å². The van der Waals surface area contributed by atoms with Crippen molar-refractivity contribution in [3.63, 3.8) is 0 Å². The third-order valence-corrected chi connectivity index (χ3v) is 6.25. The van der Waals surface area contributed by atoms with E-state index in [-0.39, 0.29) is 0 Å². The van der Waals surface area contributed by atoms with Gasteiger partial charge in [0.1, 0.15) is 5.60 Å². The summed E-state index contributed by atoms with van der Waals surface area (Å²) < 4.78 is 7.18. The Morgan fingerprint density at radius 3 is 1.59 bits per heavy atom. The molecule has 1 aliphatic rings. The van der Waals surface area contributed by atoms with E-state index in [1.807, 2.05) is 0 Å². The standard InChI is InChI=1S/C24H35NOSi/c1-17-11-18(2)14-21(13-17)24(26-27(5,6)7,23-9-8-10-25-23)22-15-19(3)12-20(4)16-22/h11-16,23,25H,8-10H2,1-7H3/t23-/m0/s1. The van der Waals surface area contributed by atoms with Crippen LogP contribution >= 0.6 is 0 Å². The molecule has 2 aromatic rings. The summed E-state index contributed by atoms with van der Waals surface area (Å²) in [5.41, 5.74) is 7.37. The average molecular weight is 382 g/mol. The third kappa shape index (κ3) is 4.36. The van der Waals surface area contributed by atoms with Crippen LogP contribution < -0.4 is 5.32 Å². The lowest BCUT2D eigenvalue weighted by atomic mass is 9.77. The van der Waals surface area contributed by atoms with Gasteiger partial charge in [0.2, 0.25) is 0 Å². The van der Waals surface area contributed by atoms with Gasteiger partial charge in [-0.15, -0.1) is 0 Å². The van der Waals surface area contributed by atoms with Gasteiger partial charge in [-0.25, -0.2) is 0 Å². The molecule has 1 atom stereocenters. The fraction of sp³-hybridized carbons (Fsp3) is 0.500. The van der Waals surface area contributed by atoms with Crippen LogP contribution in [0.5, 0.6) is 0 Å². The van der Waals surface area contributed by atoms with E-state index in [0.29, 0.717) is 6.04 Å². The van der Waals surface area contributed by atoms with Crippen molar-refractivity contribution in [1.82, 2.24) is 5.32 Å². The topological polar surface area (TPSA) is 21.3 Å². The maximum Gasteiger partial charge on any atom is 0.185 e. The van der Waals surface area contributed by atoms with Crippen LogP contribution in [-0.2, 0) is 10.0 Å². The maximum atomic E-state index is 7.18. The zero-order valence-electron chi connectivity index (χ0n) is 18.1. The van der Waals surface area contributed by atoms with Gasteiger partial charge in [0, 0.05) is 6.04 Å². The van der Waals surface area contributed by atoms with Gasteiger partial charge < -0.3 is 9.74 Å². The third-order valence-electron chi connectivity index (χ3n) is 5.32. The Bertz CT molecular complexity index is 724. The van der Waals surface area contributed by atoms with Gasteiger partial charge in [-0.1, -0.05) is 58.7 Å². The summed E-state index contributed by atoms with van der Waals surface area (Å²) >= 11 is 0. The molecule has 146 valence electrons. The molecule has 2 nitrogen and oxygen atoms in total. The highest BCUT2D eigenvalue weighted by Crippen LogP contribution is 2.43. The Labute approximate surface area is 166 Å². The highest BCUT2D eigenvalue weighted by Gasteiger charge is 2.47. The van der Waals surface area contributed by atoms with Gasteiger partial charge in [-0.05, 0) is 77.8 Å². The van der Waals surface area contributed by atoms with Crippen LogP contribution in [0.1, 0.15) is 46.2 Å². The van der Waals surface area contributed by atoms with Crippen LogP contribution in [0.4, 0.5) is 0 Å². The minimum Gasteiger partial charge on any atom is -0.403 e. The Kier molecular flexibility index (Phi) is 5.67. The summed E-state index contributed by atoms with van der Waals surface area (Å²) in [4.78, 5) is 0. The summed E-state index contributed by atoms with van der Waals surface area (Å²) in [6, 6.07) is 14.2. The normalized spacial score (nSPS) is 18.1. The maximum absolute atomic E-state index is 7.18. The van der Waals surface area contributed by atoms with Crippen LogP contribution in [0, 0.1) is 27.7 Å². The lowest BCUT2D eigenvalue weighted by Gasteiger charge is -2.45. The molecule has 1 aliphatic heterocycles. The minimum atomic E-state index is -1.84. The van der Waals surface area contributed by atoms with E-state index < -0.39 is 13.9 Å². The highest BCUT2D eigenvalue weighted by molar-refractivity contribution is 6.69. The molecular weight excluding hydrogens is 346 g/mol. The van der Waals surface area contributed by atoms with Crippen LogP contribution in [0.2, 0.25) is 19.6 Å². The van der Waals surface area contributed by atoms with E-state index in [0.717, 1.165) is 13.0 Å². The van der Waals surface area contributed by atoms with Gasteiger partial charge in [-0.2, -0.15) is 0 Å². The van der Waals surface area contributed by atoms with Gasteiger partial charge in [0.15, 0.2) is 8.32 Å². The van der Waals surface area contributed by atoms with Crippen LogP contribution in [0.15, 0.2) is 36.4 Å². The number of aryl methyl sites for hydroxylation is 4. The van der Waals surface area contributed by atoms with Crippen molar-refractivity contribution in [2.75, 3.05) is 6.54 Å². The molecular formula is C24H35NOSi. The van der Waals surface area contributed by atoms with E-state index in [9.17, 15) is 0 Å². The molecule has 1 fully saturated rings. The average Bonchev–Trinajstić information content (AvgIpc) is 3.04. The van der Waals surface area contributed by atoms with Crippen LogP contribution in [0.3, 0.4) is 0 Å². The first kappa shape index (κ1) is 20.3. The molecule has 3 heteroatoms. The predicted molar refractivity (Wildman–Crippen MR) is 118 cm³/mol. The molecule has 0 radical (unpaired) electrons. The van der Waals surface area contributed by atoms with E-state index in [1.54, 1.807) is 0 Å². The monoisotopic (exact) mass is 381 g/mol. The summed E-state index contributed by atoms with van der Waals surface area (Å²) in [5.74, 6) is 0. The fourth-order valence-electron chi connectivity index (χ4n) is 4.65. The van der Waals surface area contributed by atoms with Crippen molar-refractivity contribution in [2.45, 2.75) is 71.8 Å². The van der Waals surface area contributed by atoms with Crippen LogP contribution in [-0.4, -0.2) is 20.9 Å². The largest absolute Gasteiger partial charge is 0.403 e. The number of benzene rings is 2. The fourth-order valence-corrected chi connectivity index (χ4v) is 5.99. The van der Waals surface area contributed by atoms with Crippen molar-refractivity contribution in [2.24, 2.45) is 0 Å². The number of nitrogens with one attached hydrogen (secondary N) is 1. The summed E-state index contributed by atoms with van der Waals surface area (Å²) in [6.45, 7) is 16.8. The summed E-state index contributed by atoms with van der Waals surface area (Å²) in [5, 5.41) is 3.79. The minimum absolute atomic E-state index is 0.298. The van der Waals surface area contributed by atoms with E-state index in [4.69, 9.17) is 4.43 Å². The summed E-state index contributed by atoms with van der Waals surface area (Å²) in [6.07, 6.45) is 2.35. The molecule has 3 rings (SSSR count).